The zero-order valence-electron chi connectivity index (χ0n) is 14.8. The normalized spacial score (nSPS) is 15.3. The lowest BCUT2D eigenvalue weighted by molar-refractivity contribution is 0.101. The van der Waals surface area contributed by atoms with Crippen LogP contribution in [0.5, 0.6) is 5.75 Å². The van der Waals surface area contributed by atoms with Gasteiger partial charge < -0.3 is 4.74 Å². The molecule has 0 bridgehead atoms. The lowest BCUT2D eigenvalue weighted by atomic mass is 9.96. The van der Waals surface area contributed by atoms with Gasteiger partial charge in [-0.05, 0) is 55.3 Å². The Bertz CT molecular complexity index is 726. The van der Waals surface area contributed by atoms with Crippen LogP contribution in [0, 0.1) is 0 Å². The molecule has 0 spiro atoms. The number of carbonyl (C=O) groups excluding carboxylic acids is 1. The number of hydrogen-bond acceptors (Lipinski definition) is 6. The predicted octanol–water partition coefficient (Wildman–Crippen LogP) is 4.07. The molecule has 0 aliphatic heterocycles. The van der Waals surface area contributed by atoms with Crippen molar-refractivity contribution >= 4 is 17.5 Å². The van der Waals surface area contributed by atoms with Gasteiger partial charge in [0.15, 0.2) is 5.78 Å². The van der Waals surface area contributed by atoms with Crippen molar-refractivity contribution in [2.24, 2.45) is 0 Å². The number of Topliss-reactive ketones (excluding diaryl/α,β-unsaturated/α-hetero) is 1. The second-order valence-corrected chi connectivity index (χ2v) is 7.24. The second-order valence-electron chi connectivity index (χ2n) is 6.30. The molecule has 134 valence electrons. The van der Waals surface area contributed by atoms with E-state index >= 15 is 0 Å². The molecule has 2 aromatic rings. The number of benzene rings is 1. The first kappa shape index (κ1) is 17.9. The van der Waals surface area contributed by atoms with Crippen LogP contribution in [0.2, 0.25) is 0 Å². The van der Waals surface area contributed by atoms with Gasteiger partial charge in [-0.1, -0.05) is 31.0 Å². The van der Waals surface area contributed by atoms with Crippen LogP contribution in [0.3, 0.4) is 0 Å². The first-order valence-electron chi connectivity index (χ1n) is 8.86. The number of aromatic nitrogens is 4. The highest BCUT2D eigenvalue weighted by atomic mass is 32.2. The molecule has 3 rings (SSSR count). The molecule has 1 saturated carbocycles. The van der Waals surface area contributed by atoms with Crippen molar-refractivity contribution in [3.63, 3.8) is 0 Å². The van der Waals surface area contributed by atoms with E-state index in [2.05, 4.69) is 15.5 Å². The van der Waals surface area contributed by atoms with E-state index in [-0.39, 0.29) is 5.78 Å². The van der Waals surface area contributed by atoms with Crippen LogP contribution in [0.25, 0.3) is 0 Å². The topological polar surface area (TPSA) is 69.9 Å². The molecule has 6 nitrogen and oxygen atoms in total. The van der Waals surface area contributed by atoms with E-state index in [1.54, 1.807) is 18.7 Å². The van der Waals surface area contributed by atoms with Gasteiger partial charge in [0.05, 0.1) is 12.6 Å². The molecule has 1 aliphatic rings. The Kier molecular flexibility index (Phi) is 6.07. The maximum absolute atomic E-state index is 11.7. The van der Waals surface area contributed by atoms with Crippen LogP contribution >= 0.6 is 11.8 Å². The fraction of sp³-hybridized carbons (Fsp3) is 0.556. The number of thioether (sulfide) groups is 1. The highest BCUT2D eigenvalue weighted by Crippen LogP contribution is 2.33. The summed E-state index contributed by atoms with van der Waals surface area (Å²) in [4.78, 5) is 11.7. The second kappa shape index (κ2) is 8.47. The minimum absolute atomic E-state index is 0.0568. The number of tetrazole rings is 1. The van der Waals surface area contributed by atoms with Gasteiger partial charge in [-0.3, -0.25) is 4.79 Å². The third-order valence-corrected chi connectivity index (χ3v) is 5.49. The van der Waals surface area contributed by atoms with Crippen molar-refractivity contribution in [3.05, 3.63) is 29.3 Å². The molecular weight excluding hydrogens is 336 g/mol. The van der Waals surface area contributed by atoms with Crippen LogP contribution in [-0.4, -0.2) is 32.6 Å². The Labute approximate surface area is 152 Å². The fourth-order valence-corrected chi connectivity index (χ4v) is 4.11. The third kappa shape index (κ3) is 4.39. The van der Waals surface area contributed by atoms with E-state index in [4.69, 9.17) is 4.74 Å². The number of carbonyl (C=O) groups is 1. The number of rotatable bonds is 7. The first-order chi connectivity index (χ1) is 12.2. The summed E-state index contributed by atoms with van der Waals surface area (Å²) in [7, 11) is 0. The quantitative estimate of drug-likeness (QED) is 0.547. The minimum Gasteiger partial charge on any atom is -0.494 e. The Morgan fingerprint density at radius 3 is 2.84 bits per heavy atom. The number of hydrogen-bond donors (Lipinski definition) is 0. The van der Waals surface area contributed by atoms with E-state index < -0.39 is 0 Å². The minimum atomic E-state index is 0.0568. The summed E-state index contributed by atoms with van der Waals surface area (Å²) in [6.45, 7) is 4.13. The van der Waals surface area contributed by atoms with E-state index in [1.807, 2.05) is 29.8 Å². The highest BCUT2D eigenvalue weighted by molar-refractivity contribution is 7.98. The molecular formula is C18H24N4O2S. The van der Waals surface area contributed by atoms with E-state index in [0.29, 0.717) is 24.0 Å². The van der Waals surface area contributed by atoms with E-state index in [1.165, 1.54) is 19.3 Å². The fourth-order valence-electron chi connectivity index (χ4n) is 3.19. The average molecular weight is 360 g/mol. The Hall–Kier alpha value is -1.89. The number of nitrogens with zero attached hydrogens (tertiary/aromatic N) is 4. The number of ether oxygens (including phenoxy) is 1. The Morgan fingerprint density at radius 1 is 1.32 bits per heavy atom. The molecule has 0 radical (unpaired) electrons. The average Bonchev–Trinajstić information content (AvgIpc) is 3.10. The van der Waals surface area contributed by atoms with Gasteiger partial charge in [-0.2, -0.15) is 0 Å². The maximum atomic E-state index is 11.7. The molecule has 7 heteroatoms. The molecule has 0 atom stereocenters. The van der Waals surface area contributed by atoms with Crippen molar-refractivity contribution in [1.29, 1.82) is 0 Å². The van der Waals surface area contributed by atoms with Gasteiger partial charge in [-0.25, -0.2) is 4.68 Å². The number of ketones is 1. The van der Waals surface area contributed by atoms with Crippen LogP contribution in [0.1, 0.15) is 67.9 Å². The summed E-state index contributed by atoms with van der Waals surface area (Å²) in [5, 5.41) is 13.1. The van der Waals surface area contributed by atoms with Gasteiger partial charge in [0.2, 0.25) is 5.16 Å². The zero-order chi connectivity index (χ0) is 17.6. The Morgan fingerprint density at radius 2 is 2.12 bits per heavy atom. The van der Waals surface area contributed by atoms with Gasteiger partial charge in [0, 0.05) is 16.9 Å². The SMILES string of the molecule is CCOc1ccc(C(C)=O)cc1CSc1nnnn1C1CCCCC1. The molecule has 0 amide bonds. The largest absolute Gasteiger partial charge is 0.494 e. The zero-order valence-corrected chi connectivity index (χ0v) is 15.6. The van der Waals surface area contributed by atoms with Crippen LogP contribution in [0.4, 0.5) is 0 Å². The molecule has 1 aromatic carbocycles. The summed E-state index contributed by atoms with van der Waals surface area (Å²) >= 11 is 1.60. The summed E-state index contributed by atoms with van der Waals surface area (Å²) in [6, 6.07) is 6.00. The van der Waals surface area contributed by atoms with E-state index in [9.17, 15) is 4.79 Å². The van der Waals surface area contributed by atoms with Crippen molar-refractivity contribution < 1.29 is 9.53 Å². The molecule has 1 aliphatic carbocycles. The summed E-state index contributed by atoms with van der Waals surface area (Å²) in [6.07, 6.45) is 6.06. The van der Waals surface area contributed by atoms with Crippen molar-refractivity contribution in [2.45, 2.75) is 62.9 Å². The summed E-state index contributed by atoms with van der Waals surface area (Å²) in [5.41, 5.74) is 1.70. The van der Waals surface area contributed by atoms with Crippen LogP contribution in [0.15, 0.2) is 23.4 Å². The van der Waals surface area contributed by atoms with Gasteiger partial charge >= 0.3 is 0 Å². The van der Waals surface area contributed by atoms with Gasteiger partial charge in [0.1, 0.15) is 5.75 Å². The predicted molar refractivity (Wildman–Crippen MR) is 97.1 cm³/mol. The van der Waals surface area contributed by atoms with Crippen LogP contribution < -0.4 is 4.74 Å². The van der Waals surface area contributed by atoms with Crippen LogP contribution in [-0.2, 0) is 5.75 Å². The standard InChI is InChI=1S/C18H24N4O2S/c1-3-24-17-10-9-14(13(2)23)11-15(17)12-25-18-19-20-21-22(18)16-7-5-4-6-8-16/h9-11,16H,3-8,12H2,1-2H3. The van der Waals surface area contributed by atoms with Gasteiger partial charge in [0.25, 0.3) is 0 Å². The van der Waals surface area contributed by atoms with Crippen molar-refractivity contribution in [1.82, 2.24) is 20.2 Å². The summed E-state index contributed by atoms with van der Waals surface area (Å²) < 4.78 is 7.68. The Balaban J connectivity index is 1.76. The first-order valence-corrected chi connectivity index (χ1v) is 9.85. The monoisotopic (exact) mass is 360 g/mol. The summed E-state index contributed by atoms with van der Waals surface area (Å²) in [5.74, 6) is 1.54. The smallest absolute Gasteiger partial charge is 0.209 e. The molecule has 1 fully saturated rings. The third-order valence-electron chi connectivity index (χ3n) is 4.51. The molecule has 0 unspecified atom stereocenters. The molecule has 1 heterocycles. The highest BCUT2D eigenvalue weighted by Gasteiger charge is 2.20. The molecule has 25 heavy (non-hydrogen) atoms. The van der Waals surface area contributed by atoms with Crippen molar-refractivity contribution in [2.75, 3.05) is 6.61 Å². The lowest BCUT2D eigenvalue weighted by Crippen LogP contribution is -2.15. The molecule has 0 saturated heterocycles. The maximum Gasteiger partial charge on any atom is 0.209 e. The lowest BCUT2D eigenvalue weighted by Gasteiger charge is -2.22. The molecule has 0 N–H and O–H groups in total. The van der Waals surface area contributed by atoms with E-state index in [0.717, 1.165) is 29.3 Å². The molecule has 1 aromatic heterocycles. The van der Waals surface area contributed by atoms with Crippen molar-refractivity contribution in [3.8, 4) is 5.75 Å². The van der Waals surface area contributed by atoms with Gasteiger partial charge in [-0.15, -0.1) is 5.10 Å².